The van der Waals surface area contributed by atoms with Gasteiger partial charge in [0.2, 0.25) is 12.1 Å². The van der Waals surface area contributed by atoms with Crippen molar-refractivity contribution in [1.29, 1.82) is 0 Å². The van der Waals surface area contributed by atoms with Gasteiger partial charge in [-0.05, 0) is 11.1 Å². The van der Waals surface area contributed by atoms with Crippen molar-refractivity contribution in [3.63, 3.8) is 0 Å². The van der Waals surface area contributed by atoms with E-state index in [4.69, 9.17) is 4.74 Å². The number of carbonyl (C=O) groups is 1. The molecule has 1 amide bonds. The number of ether oxygens (including phenoxy) is 1. The molecule has 0 N–H and O–H groups in total. The van der Waals surface area contributed by atoms with Gasteiger partial charge < -0.3 is 4.74 Å². The zero-order valence-corrected chi connectivity index (χ0v) is 12.7. The highest BCUT2D eigenvalue weighted by Gasteiger charge is 2.53. The monoisotopic (exact) mass is 335 g/mol. The quantitative estimate of drug-likeness (QED) is 0.856. The third kappa shape index (κ3) is 3.43. The first kappa shape index (κ1) is 16.5. The summed E-state index contributed by atoms with van der Waals surface area (Å²) in [6.07, 6.45) is -6.94. The molecular formula is C18H16F3NO2. The lowest BCUT2D eigenvalue weighted by Gasteiger charge is -2.29. The van der Waals surface area contributed by atoms with Crippen LogP contribution in [0.15, 0.2) is 60.7 Å². The number of amides is 1. The van der Waals surface area contributed by atoms with E-state index in [0.29, 0.717) is 11.1 Å². The molecule has 1 heterocycles. The predicted molar refractivity (Wildman–Crippen MR) is 82.0 cm³/mol. The first-order valence-corrected chi connectivity index (χ1v) is 7.55. The minimum atomic E-state index is -4.63. The molecule has 1 aliphatic rings. The number of alkyl halides is 3. The highest BCUT2D eigenvalue weighted by molar-refractivity contribution is 5.79. The Hall–Kier alpha value is -2.34. The molecule has 126 valence electrons. The van der Waals surface area contributed by atoms with E-state index < -0.39 is 24.4 Å². The Morgan fingerprint density at radius 2 is 1.62 bits per heavy atom. The van der Waals surface area contributed by atoms with Crippen LogP contribution in [-0.2, 0) is 16.0 Å². The van der Waals surface area contributed by atoms with Gasteiger partial charge in [-0.2, -0.15) is 13.2 Å². The summed E-state index contributed by atoms with van der Waals surface area (Å²) in [6, 6.07) is 16.6. The van der Waals surface area contributed by atoms with Gasteiger partial charge in [-0.1, -0.05) is 60.7 Å². The predicted octanol–water partition coefficient (Wildman–Crippen LogP) is 3.72. The summed E-state index contributed by atoms with van der Waals surface area (Å²) in [5.41, 5.74) is 1.30. The number of rotatable bonds is 3. The van der Waals surface area contributed by atoms with E-state index in [9.17, 15) is 18.0 Å². The van der Waals surface area contributed by atoms with Crippen LogP contribution in [-0.4, -0.2) is 29.8 Å². The maximum absolute atomic E-state index is 13.3. The molecular weight excluding hydrogens is 319 g/mol. The number of halogens is 3. The third-order valence-corrected chi connectivity index (χ3v) is 3.95. The molecule has 1 saturated heterocycles. The normalized spacial score (nSPS) is 21.0. The van der Waals surface area contributed by atoms with E-state index in [0.717, 1.165) is 4.90 Å². The Morgan fingerprint density at radius 1 is 1.04 bits per heavy atom. The average molecular weight is 335 g/mol. The summed E-state index contributed by atoms with van der Waals surface area (Å²) in [7, 11) is 0. The topological polar surface area (TPSA) is 29.5 Å². The van der Waals surface area contributed by atoms with Gasteiger partial charge in [0.1, 0.15) is 0 Å². The zero-order valence-electron chi connectivity index (χ0n) is 12.7. The molecule has 0 bridgehead atoms. The van der Waals surface area contributed by atoms with Crippen molar-refractivity contribution < 1.29 is 22.7 Å². The highest BCUT2D eigenvalue weighted by atomic mass is 19.4. The van der Waals surface area contributed by atoms with Gasteiger partial charge in [0.05, 0.1) is 19.1 Å². The molecule has 0 aromatic heterocycles. The summed E-state index contributed by atoms with van der Waals surface area (Å²) in [4.78, 5) is 13.4. The molecule has 3 rings (SSSR count). The first-order chi connectivity index (χ1) is 11.5. The van der Waals surface area contributed by atoms with Crippen LogP contribution in [0, 0.1) is 0 Å². The van der Waals surface area contributed by atoms with Gasteiger partial charge in [0, 0.05) is 0 Å². The second-order valence-electron chi connectivity index (χ2n) is 5.62. The van der Waals surface area contributed by atoms with Crippen molar-refractivity contribution in [2.24, 2.45) is 0 Å². The smallest absolute Gasteiger partial charge is 0.347 e. The average Bonchev–Trinajstić information content (AvgIpc) is 3.02. The Labute approximate surface area is 137 Å². The van der Waals surface area contributed by atoms with Crippen LogP contribution < -0.4 is 0 Å². The number of nitrogens with zero attached hydrogens (tertiary/aromatic N) is 1. The van der Waals surface area contributed by atoms with Crippen molar-refractivity contribution in [1.82, 2.24) is 4.90 Å². The molecule has 0 radical (unpaired) electrons. The maximum Gasteiger partial charge on any atom is 0.433 e. The van der Waals surface area contributed by atoms with Gasteiger partial charge >= 0.3 is 6.18 Å². The van der Waals surface area contributed by atoms with Crippen LogP contribution in [0.5, 0.6) is 0 Å². The van der Waals surface area contributed by atoms with Crippen molar-refractivity contribution in [3.8, 4) is 0 Å². The van der Waals surface area contributed by atoms with Gasteiger partial charge in [-0.3, -0.25) is 9.69 Å². The molecule has 0 spiro atoms. The van der Waals surface area contributed by atoms with Crippen LogP contribution in [0.1, 0.15) is 17.2 Å². The molecule has 2 aromatic rings. The molecule has 0 saturated carbocycles. The first-order valence-electron chi connectivity index (χ1n) is 7.55. The fourth-order valence-corrected chi connectivity index (χ4v) is 2.86. The second kappa shape index (κ2) is 6.65. The molecule has 2 aromatic carbocycles. The number of hydrogen-bond donors (Lipinski definition) is 0. The lowest BCUT2D eigenvalue weighted by molar-refractivity contribution is -0.239. The summed E-state index contributed by atoms with van der Waals surface area (Å²) in [5, 5.41) is 0. The number of carbonyl (C=O) groups excluding carboxylic acids is 1. The second-order valence-corrected chi connectivity index (χ2v) is 5.62. The number of benzene rings is 2. The lowest BCUT2D eigenvalue weighted by atomic mass is 10.1. The lowest BCUT2D eigenvalue weighted by Crippen LogP contribution is -2.46. The molecule has 1 aliphatic heterocycles. The Morgan fingerprint density at radius 3 is 2.21 bits per heavy atom. The molecule has 1 fully saturated rings. The fourth-order valence-electron chi connectivity index (χ4n) is 2.86. The van der Waals surface area contributed by atoms with Crippen molar-refractivity contribution in [3.05, 3.63) is 71.8 Å². The summed E-state index contributed by atoms with van der Waals surface area (Å²) >= 11 is 0. The summed E-state index contributed by atoms with van der Waals surface area (Å²) < 4.78 is 44.8. The van der Waals surface area contributed by atoms with E-state index in [2.05, 4.69) is 0 Å². The summed E-state index contributed by atoms with van der Waals surface area (Å²) in [5.74, 6) is -0.602. The van der Waals surface area contributed by atoms with Crippen molar-refractivity contribution in [2.45, 2.75) is 24.9 Å². The van der Waals surface area contributed by atoms with Gasteiger partial charge in [-0.15, -0.1) is 0 Å². The number of hydrogen-bond acceptors (Lipinski definition) is 2. The van der Waals surface area contributed by atoms with Gasteiger partial charge in [0.15, 0.2) is 0 Å². The van der Waals surface area contributed by atoms with Crippen LogP contribution in [0.25, 0.3) is 0 Å². The molecule has 0 unspecified atom stereocenters. The van der Waals surface area contributed by atoms with E-state index in [1.54, 1.807) is 60.7 Å². The molecule has 6 heteroatoms. The van der Waals surface area contributed by atoms with E-state index >= 15 is 0 Å². The zero-order chi connectivity index (χ0) is 17.2. The van der Waals surface area contributed by atoms with Gasteiger partial charge in [-0.25, -0.2) is 0 Å². The largest absolute Gasteiger partial charge is 0.433 e. The fraction of sp³-hybridized carbons (Fsp3) is 0.278. The van der Waals surface area contributed by atoms with Crippen LogP contribution in [0.4, 0.5) is 13.2 Å². The molecule has 24 heavy (non-hydrogen) atoms. The minimum Gasteiger partial charge on any atom is -0.347 e. The van der Waals surface area contributed by atoms with Crippen LogP contribution >= 0.6 is 0 Å². The van der Waals surface area contributed by atoms with Gasteiger partial charge in [0.25, 0.3) is 0 Å². The molecule has 3 nitrogen and oxygen atoms in total. The minimum absolute atomic E-state index is 0.0971. The van der Waals surface area contributed by atoms with E-state index in [-0.39, 0.29) is 13.0 Å². The van der Waals surface area contributed by atoms with E-state index in [1.165, 1.54) is 0 Å². The standard InChI is InChI=1S/C18H16F3NO2/c19-18(20,21)17-22(16(23)11-13-7-3-1-4-8-13)15(12-24-17)14-9-5-2-6-10-14/h1-10,15,17H,11-12H2/t15-,17-/m0/s1. The maximum atomic E-state index is 13.3. The highest BCUT2D eigenvalue weighted by Crippen LogP contribution is 2.38. The van der Waals surface area contributed by atoms with E-state index in [1.807, 2.05) is 0 Å². The van der Waals surface area contributed by atoms with Crippen molar-refractivity contribution >= 4 is 5.91 Å². The Bertz CT molecular complexity index is 688. The summed E-state index contributed by atoms with van der Waals surface area (Å²) in [6.45, 7) is -0.172. The Balaban J connectivity index is 1.89. The SMILES string of the molecule is O=C(Cc1ccccc1)N1[C@H](C(F)(F)F)OC[C@H]1c1ccccc1. The van der Waals surface area contributed by atoms with Crippen molar-refractivity contribution in [2.75, 3.05) is 6.61 Å². The third-order valence-electron chi connectivity index (χ3n) is 3.95. The Kier molecular flexibility index (Phi) is 4.57. The molecule has 0 aliphatic carbocycles. The van der Waals surface area contributed by atoms with Crippen LogP contribution in [0.2, 0.25) is 0 Å². The van der Waals surface area contributed by atoms with Crippen LogP contribution in [0.3, 0.4) is 0 Å². The molecule has 2 atom stereocenters.